The Morgan fingerprint density at radius 3 is 1.73 bits per heavy atom. The number of ether oxygens (including phenoxy) is 1. The zero-order valence-electron chi connectivity index (χ0n) is 11.4. The van der Waals surface area contributed by atoms with Crippen LogP contribution in [0.4, 0.5) is 35.1 Å². The maximum atomic E-state index is 13.9. The summed E-state index contributed by atoms with van der Waals surface area (Å²) in [6.07, 6.45) is -14.6. The first-order chi connectivity index (χ1) is 9.78. The van der Waals surface area contributed by atoms with E-state index in [1.165, 1.54) is 12.1 Å². The quantitative estimate of drug-likeness (QED) is 0.710. The van der Waals surface area contributed by atoms with Gasteiger partial charge in [0.1, 0.15) is 5.82 Å². The fourth-order valence-electron chi connectivity index (χ4n) is 1.99. The van der Waals surface area contributed by atoms with Crippen molar-refractivity contribution in [3.05, 3.63) is 35.6 Å². The van der Waals surface area contributed by atoms with E-state index in [4.69, 9.17) is 0 Å². The van der Waals surface area contributed by atoms with E-state index >= 15 is 0 Å². The molecular weight excluding hydrogens is 324 g/mol. The van der Waals surface area contributed by atoms with Crippen LogP contribution in [-0.4, -0.2) is 25.1 Å². The molecule has 1 rings (SSSR count). The summed E-state index contributed by atoms with van der Waals surface area (Å²) >= 11 is 0. The van der Waals surface area contributed by atoms with Gasteiger partial charge in [-0.05, 0) is 13.0 Å². The molecule has 126 valence electrons. The van der Waals surface area contributed by atoms with Crippen LogP contribution in [0.25, 0.3) is 0 Å². The molecule has 1 aromatic rings. The lowest BCUT2D eigenvalue weighted by Crippen LogP contribution is -2.56. The van der Waals surface area contributed by atoms with Gasteiger partial charge in [0.25, 0.3) is 0 Å². The summed E-state index contributed by atoms with van der Waals surface area (Å²) in [6, 6.07) is 4.14. The first kappa shape index (κ1) is 18.7. The van der Waals surface area contributed by atoms with E-state index in [-0.39, 0.29) is 0 Å². The van der Waals surface area contributed by atoms with Crippen LogP contribution in [-0.2, 0) is 10.3 Å². The standard InChI is InChI=1S/C13H12F8O/c1-10(22-2,8-5-3-4-6-9(8)14)7-11(15,12(16,17)18)13(19,20)21/h3-6H,7H2,1-2H3. The minimum absolute atomic E-state index is 0.604. The third-order valence-electron chi connectivity index (χ3n) is 3.37. The van der Waals surface area contributed by atoms with Crippen molar-refractivity contribution in [2.45, 2.75) is 37.0 Å². The van der Waals surface area contributed by atoms with Gasteiger partial charge < -0.3 is 4.74 Å². The van der Waals surface area contributed by atoms with Crippen LogP contribution in [0.15, 0.2) is 24.3 Å². The molecule has 1 atom stereocenters. The van der Waals surface area contributed by atoms with Crippen LogP contribution >= 0.6 is 0 Å². The zero-order valence-corrected chi connectivity index (χ0v) is 11.4. The van der Waals surface area contributed by atoms with Crippen molar-refractivity contribution in [1.82, 2.24) is 0 Å². The topological polar surface area (TPSA) is 9.23 Å². The third-order valence-corrected chi connectivity index (χ3v) is 3.37. The normalized spacial score (nSPS) is 16.5. The monoisotopic (exact) mass is 336 g/mol. The Labute approximate surface area is 120 Å². The first-order valence-electron chi connectivity index (χ1n) is 5.91. The van der Waals surface area contributed by atoms with Crippen molar-refractivity contribution >= 4 is 0 Å². The molecule has 0 aromatic heterocycles. The number of benzene rings is 1. The van der Waals surface area contributed by atoms with Crippen LogP contribution in [0.1, 0.15) is 18.9 Å². The van der Waals surface area contributed by atoms with Gasteiger partial charge >= 0.3 is 18.0 Å². The maximum absolute atomic E-state index is 13.9. The molecule has 0 aliphatic heterocycles. The molecular formula is C13H12F8O. The van der Waals surface area contributed by atoms with E-state index in [0.717, 1.165) is 26.2 Å². The molecule has 0 amide bonds. The van der Waals surface area contributed by atoms with Gasteiger partial charge in [0.2, 0.25) is 0 Å². The van der Waals surface area contributed by atoms with Gasteiger partial charge in [0.15, 0.2) is 0 Å². The predicted molar refractivity (Wildman–Crippen MR) is 61.3 cm³/mol. The highest BCUT2D eigenvalue weighted by atomic mass is 19.4. The van der Waals surface area contributed by atoms with Crippen LogP contribution in [0.5, 0.6) is 0 Å². The summed E-state index contributed by atoms with van der Waals surface area (Å²) in [7, 11) is 0.777. The van der Waals surface area contributed by atoms with Gasteiger partial charge in [-0.2, -0.15) is 26.3 Å². The fraction of sp³-hybridized carbons (Fsp3) is 0.538. The van der Waals surface area contributed by atoms with Crippen molar-refractivity contribution in [3.8, 4) is 0 Å². The Kier molecular flexibility index (Phi) is 4.82. The molecule has 0 N–H and O–H groups in total. The summed E-state index contributed by atoms with van der Waals surface area (Å²) < 4.78 is 108. The molecule has 0 heterocycles. The van der Waals surface area contributed by atoms with Crippen LogP contribution in [0.3, 0.4) is 0 Å². The SMILES string of the molecule is COC(C)(CC(F)(C(F)(F)F)C(F)(F)F)c1ccccc1F. The predicted octanol–water partition coefficient (Wildman–Crippen LogP) is 4.91. The molecule has 0 bridgehead atoms. The minimum Gasteiger partial charge on any atom is -0.374 e. The van der Waals surface area contributed by atoms with Crippen molar-refractivity contribution < 1.29 is 39.9 Å². The Balaban J connectivity index is 3.40. The first-order valence-corrected chi connectivity index (χ1v) is 5.91. The lowest BCUT2D eigenvalue weighted by molar-refractivity contribution is -0.353. The Morgan fingerprint density at radius 2 is 1.36 bits per heavy atom. The molecule has 9 heteroatoms. The molecule has 0 saturated carbocycles. The van der Waals surface area contributed by atoms with Gasteiger partial charge in [0.05, 0.1) is 5.60 Å². The summed E-state index contributed by atoms with van der Waals surface area (Å²) in [5, 5.41) is 0. The Morgan fingerprint density at radius 1 is 0.909 bits per heavy atom. The van der Waals surface area contributed by atoms with Crippen molar-refractivity contribution in [2.75, 3.05) is 7.11 Å². The smallest absolute Gasteiger partial charge is 0.374 e. The van der Waals surface area contributed by atoms with Gasteiger partial charge in [-0.1, -0.05) is 18.2 Å². The number of rotatable bonds is 4. The highest BCUT2D eigenvalue weighted by Gasteiger charge is 2.74. The lowest BCUT2D eigenvalue weighted by Gasteiger charge is -2.38. The van der Waals surface area contributed by atoms with Gasteiger partial charge in [-0.25, -0.2) is 8.78 Å². The van der Waals surface area contributed by atoms with E-state index < -0.39 is 41.4 Å². The van der Waals surface area contributed by atoms with E-state index in [1.807, 2.05) is 0 Å². The molecule has 0 spiro atoms. The summed E-state index contributed by atoms with van der Waals surface area (Å²) in [5.41, 5.74) is -8.61. The van der Waals surface area contributed by atoms with Gasteiger partial charge in [-0.3, -0.25) is 0 Å². The van der Waals surface area contributed by atoms with E-state index in [2.05, 4.69) is 4.74 Å². The second-order valence-electron chi connectivity index (χ2n) is 4.89. The molecule has 1 unspecified atom stereocenters. The van der Waals surface area contributed by atoms with Crippen LogP contribution < -0.4 is 0 Å². The van der Waals surface area contributed by atoms with Gasteiger partial charge in [0, 0.05) is 19.1 Å². The fourth-order valence-corrected chi connectivity index (χ4v) is 1.99. The van der Waals surface area contributed by atoms with Crippen molar-refractivity contribution in [2.24, 2.45) is 0 Å². The molecule has 0 aliphatic carbocycles. The number of methoxy groups -OCH3 is 1. The highest BCUT2D eigenvalue weighted by Crippen LogP contribution is 2.52. The average molecular weight is 336 g/mol. The van der Waals surface area contributed by atoms with Crippen molar-refractivity contribution in [3.63, 3.8) is 0 Å². The molecule has 0 saturated heterocycles. The largest absolute Gasteiger partial charge is 0.431 e. The summed E-state index contributed by atoms with van der Waals surface area (Å²) in [6.45, 7) is 0.761. The van der Waals surface area contributed by atoms with E-state index in [0.29, 0.717) is 0 Å². The lowest BCUT2D eigenvalue weighted by atomic mass is 9.83. The van der Waals surface area contributed by atoms with E-state index in [9.17, 15) is 35.1 Å². The van der Waals surface area contributed by atoms with Gasteiger partial charge in [-0.15, -0.1) is 0 Å². The molecule has 22 heavy (non-hydrogen) atoms. The summed E-state index contributed by atoms with van der Waals surface area (Å²) in [4.78, 5) is 0. The molecule has 0 radical (unpaired) electrons. The third kappa shape index (κ3) is 3.18. The second kappa shape index (κ2) is 5.68. The summed E-state index contributed by atoms with van der Waals surface area (Å²) in [5.74, 6) is -1.10. The van der Waals surface area contributed by atoms with Crippen molar-refractivity contribution in [1.29, 1.82) is 0 Å². The maximum Gasteiger partial charge on any atom is 0.431 e. The Bertz CT molecular complexity index is 508. The average Bonchev–Trinajstić information content (AvgIpc) is 2.36. The molecule has 0 fully saturated rings. The highest BCUT2D eigenvalue weighted by molar-refractivity contribution is 5.25. The zero-order chi connectivity index (χ0) is 17.4. The number of halogens is 8. The van der Waals surface area contributed by atoms with E-state index in [1.54, 1.807) is 0 Å². The second-order valence-corrected chi connectivity index (χ2v) is 4.89. The number of alkyl halides is 7. The molecule has 0 aliphatic rings. The van der Waals surface area contributed by atoms with Crippen LogP contribution in [0, 0.1) is 5.82 Å². The minimum atomic E-state index is -6.23. The number of hydrogen-bond acceptors (Lipinski definition) is 1. The Hall–Kier alpha value is -1.38. The van der Waals surface area contributed by atoms with Crippen LogP contribution in [0.2, 0.25) is 0 Å². The molecule has 1 aromatic carbocycles. The molecule has 1 nitrogen and oxygen atoms in total. The number of hydrogen-bond donors (Lipinski definition) is 0.